The van der Waals surface area contributed by atoms with Crippen LogP contribution in [0.5, 0.6) is 5.75 Å². The smallest absolute Gasteiger partial charge is 0.270 e. The highest BCUT2D eigenvalue weighted by molar-refractivity contribution is 7.22. The molecule has 0 unspecified atom stereocenters. The molecule has 126 valence electrons. The molecule has 3 rings (SSSR count). The molecular formula is C18H21N3O2S. The molecule has 0 saturated carbocycles. The second-order valence-corrected chi connectivity index (χ2v) is 6.65. The first-order valence-electron chi connectivity index (χ1n) is 8.13. The summed E-state index contributed by atoms with van der Waals surface area (Å²) in [7, 11) is 1.65. The van der Waals surface area contributed by atoms with Gasteiger partial charge in [-0.25, -0.2) is 4.98 Å². The van der Waals surface area contributed by atoms with Crippen LogP contribution in [0.25, 0.3) is 20.7 Å². The molecule has 0 fully saturated rings. The summed E-state index contributed by atoms with van der Waals surface area (Å²) in [4.78, 5) is 20.7. The monoisotopic (exact) mass is 343 g/mol. The van der Waals surface area contributed by atoms with E-state index in [1.165, 1.54) is 24.2 Å². The summed E-state index contributed by atoms with van der Waals surface area (Å²) < 4.78 is 5.83. The van der Waals surface area contributed by atoms with E-state index in [-0.39, 0.29) is 5.56 Å². The van der Waals surface area contributed by atoms with Crippen molar-refractivity contribution >= 4 is 27.5 Å². The third kappa shape index (κ3) is 3.59. The van der Waals surface area contributed by atoms with Gasteiger partial charge in [0.1, 0.15) is 10.4 Å². The normalized spacial score (nSPS) is 10.9. The molecule has 2 N–H and O–H groups in total. The number of aromatic amines is 1. The van der Waals surface area contributed by atoms with E-state index >= 15 is 0 Å². The van der Waals surface area contributed by atoms with Crippen LogP contribution in [0.15, 0.2) is 35.1 Å². The summed E-state index contributed by atoms with van der Waals surface area (Å²) in [6, 6.07) is 9.77. The molecule has 3 aromatic rings. The summed E-state index contributed by atoms with van der Waals surface area (Å²) in [5.74, 6) is 1.36. The van der Waals surface area contributed by atoms with Gasteiger partial charge in [-0.05, 0) is 42.3 Å². The maximum atomic E-state index is 12.3. The Balaban J connectivity index is 1.86. The van der Waals surface area contributed by atoms with Crippen LogP contribution in [0.2, 0.25) is 0 Å². The first kappa shape index (κ1) is 16.5. The van der Waals surface area contributed by atoms with Crippen molar-refractivity contribution in [3.8, 4) is 16.2 Å². The predicted octanol–water partition coefficient (Wildman–Crippen LogP) is 4.26. The minimum Gasteiger partial charge on any atom is -0.497 e. The largest absolute Gasteiger partial charge is 0.497 e. The number of fused-ring (bicyclic) bond motifs is 1. The number of unbranched alkanes of at least 4 members (excludes halogenated alkanes) is 2. The third-order valence-corrected chi connectivity index (χ3v) is 5.00. The van der Waals surface area contributed by atoms with E-state index in [0.717, 1.165) is 34.7 Å². The molecule has 0 spiro atoms. The number of ether oxygens (including phenoxy) is 1. The van der Waals surface area contributed by atoms with E-state index in [1.807, 2.05) is 30.3 Å². The van der Waals surface area contributed by atoms with Crippen LogP contribution in [0, 0.1) is 0 Å². The highest BCUT2D eigenvalue weighted by atomic mass is 32.1. The van der Waals surface area contributed by atoms with Gasteiger partial charge in [-0.3, -0.25) is 9.78 Å². The van der Waals surface area contributed by atoms with Crippen LogP contribution in [-0.4, -0.2) is 23.6 Å². The first-order valence-corrected chi connectivity index (χ1v) is 8.95. The molecule has 1 aromatic carbocycles. The Labute approximate surface area is 144 Å². The number of H-pyrrole nitrogens is 1. The van der Waals surface area contributed by atoms with Gasteiger partial charge in [0.05, 0.1) is 12.6 Å². The zero-order valence-corrected chi connectivity index (χ0v) is 14.7. The minimum atomic E-state index is -0.0947. The molecule has 0 radical (unpaired) electrons. The van der Waals surface area contributed by atoms with Crippen molar-refractivity contribution in [3.63, 3.8) is 0 Å². The van der Waals surface area contributed by atoms with Gasteiger partial charge in [0.2, 0.25) is 5.95 Å². The maximum absolute atomic E-state index is 12.3. The molecular weight excluding hydrogens is 322 g/mol. The molecule has 24 heavy (non-hydrogen) atoms. The molecule has 0 aliphatic rings. The summed E-state index contributed by atoms with van der Waals surface area (Å²) >= 11 is 1.46. The molecule has 0 saturated heterocycles. The lowest BCUT2D eigenvalue weighted by molar-refractivity contribution is 0.415. The van der Waals surface area contributed by atoms with Gasteiger partial charge < -0.3 is 10.1 Å². The van der Waals surface area contributed by atoms with Gasteiger partial charge in [-0.2, -0.15) is 0 Å². The van der Waals surface area contributed by atoms with Gasteiger partial charge in [-0.15, -0.1) is 11.3 Å². The highest BCUT2D eigenvalue weighted by Crippen LogP contribution is 2.32. The standard InChI is InChI=1S/C18H21N3O2S/c1-3-4-5-10-19-18-20-14-11-15(24-16(14)17(22)21-18)12-6-8-13(23-2)9-7-12/h6-9,11H,3-5,10H2,1-2H3,(H2,19,20,21,22). The lowest BCUT2D eigenvalue weighted by Gasteiger charge is -2.04. The maximum Gasteiger partial charge on any atom is 0.270 e. The van der Waals surface area contributed by atoms with Crippen molar-refractivity contribution in [2.45, 2.75) is 26.2 Å². The van der Waals surface area contributed by atoms with Crippen molar-refractivity contribution in [2.24, 2.45) is 0 Å². The number of rotatable bonds is 7. The third-order valence-electron chi connectivity index (χ3n) is 3.83. The Bertz CT molecular complexity index is 868. The number of hydrogen-bond donors (Lipinski definition) is 2. The van der Waals surface area contributed by atoms with E-state index in [0.29, 0.717) is 10.6 Å². The molecule has 0 bridgehead atoms. The van der Waals surface area contributed by atoms with Crippen LogP contribution in [0.1, 0.15) is 26.2 Å². The van der Waals surface area contributed by atoms with Gasteiger partial charge >= 0.3 is 0 Å². The molecule has 0 amide bonds. The van der Waals surface area contributed by atoms with Crippen molar-refractivity contribution in [2.75, 3.05) is 19.0 Å². The number of nitrogens with zero attached hydrogens (tertiary/aromatic N) is 1. The van der Waals surface area contributed by atoms with Crippen LogP contribution in [0.4, 0.5) is 5.95 Å². The quantitative estimate of drug-likeness (QED) is 0.629. The first-order chi connectivity index (χ1) is 11.7. The zero-order valence-electron chi connectivity index (χ0n) is 13.9. The van der Waals surface area contributed by atoms with Gasteiger partial charge in [-0.1, -0.05) is 19.8 Å². The summed E-state index contributed by atoms with van der Waals surface area (Å²) in [6.07, 6.45) is 3.40. The molecule has 2 heterocycles. The minimum absolute atomic E-state index is 0.0947. The SMILES string of the molecule is CCCCCNc1nc2cc(-c3ccc(OC)cc3)sc2c(=O)[nH]1. The fraction of sp³-hybridized carbons (Fsp3) is 0.333. The molecule has 2 aromatic heterocycles. The second kappa shape index (κ2) is 7.49. The van der Waals surface area contributed by atoms with E-state index in [9.17, 15) is 4.79 Å². The number of methoxy groups -OCH3 is 1. The van der Waals surface area contributed by atoms with Crippen LogP contribution >= 0.6 is 11.3 Å². The number of aromatic nitrogens is 2. The van der Waals surface area contributed by atoms with Crippen LogP contribution in [0.3, 0.4) is 0 Å². The second-order valence-electron chi connectivity index (χ2n) is 5.60. The Morgan fingerprint density at radius 3 is 2.75 bits per heavy atom. The Hall–Kier alpha value is -2.34. The topological polar surface area (TPSA) is 67.0 Å². The number of anilines is 1. The summed E-state index contributed by atoms with van der Waals surface area (Å²) in [5, 5.41) is 3.20. The van der Waals surface area contributed by atoms with E-state index in [1.54, 1.807) is 7.11 Å². The Morgan fingerprint density at radius 2 is 2.04 bits per heavy atom. The number of thiophene rings is 1. The lowest BCUT2D eigenvalue weighted by Crippen LogP contribution is -2.12. The zero-order chi connectivity index (χ0) is 16.9. The van der Waals surface area contributed by atoms with E-state index < -0.39 is 0 Å². The lowest BCUT2D eigenvalue weighted by atomic mass is 10.2. The van der Waals surface area contributed by atoms with Gasteiger partial charge in [0.25, 0.3) is 5.56 Å². The average Bonchev–Trinajstić information content (AvgIpc) is 3.03. The fourth-order valence-electron chi connectivity index (χ4n) is 2.50. The number of benzene rings is 1. The average molecular weight is 343 g/mol. The van der Waals surface area contributed by atoms with Crippen molar-refractivity contribution < 1.29 is 4.74 Å². The number of nitrogens with one attached hydrogen (secondary N) is 2. The molecule has 0 atom stereocenters. The van der Waals surface area contributed by atoms with E-state index in [2.05, 4.69) is 22.2 Å². The van der Waals surface area contributed by atoms with Crippen LogP contribution in [-0.2, 0) is 0 Å². The van der Waals surface area contributed by atoms with Crippen molar-refractivity contribution in [3.05, 3.63) is 40.7 Å². The Morgan fingerprint density at radius 1 is 1.25 bits per heavy atom. The molecule has 0 aliphatic carbocycles. The summed E-state index contributed by atoms with van der Waals surface area (Å²) in [5.41, 5.74) is 1.69. The Kier molecular flexibility index (Phi) is 5.15. The van der Waals surface area contributed by atoms with Crippen molar-refractivity contribution in [1.82, 2.24) is 9.97 Å². The molecule has 5 nitrogen and oxygen atoms in total. The van der Waals surface area contributed by atoms with Gasteiger partial charge in [0.15, 0.2) is 0 Å². The van der Waals surface area contributed by atoms with Crippen molar-refractivity contribution in [1.29, 1.82) is 0 Å². The van der Waals surface area contributed by atoms with Gasteiger partial charge in [0, 0.05) is 11.4 Å². The number of hydrogen-bond acceptors (Lipinski definition) is 5. The predicted molar refractivity (Wildman–Crippen MR) is 100 cm³/mol. The highest BCUT2D eigenvalue weighted by Gasteiger charge is 2.10. The summed E-state index contributed by atoms with van der Waals surface area (Å²) in [6.45, 7) is 2.98. The fourth-order valence-corrected chi connectivity index (χ4v) is 3.50. The van der Waals surface area contributed by atoms with Crippen LogP contribution < -0.4 is 15.6 Å². The van der Waals surface area contributed by atoms with E-state index in [4.69, 9.17) is 4.74 Å². The molecule has 0 aliphatic heterocycles. The molecule has 6 heteroatoms.